The molecule has 1 aromatic carbocycles. The second-order valence-corrected chi connectivity index (χ2v) is 6.01. The predicted molar refractivity (Wildman–Crippen MR) is 82.8 cm³/mol. The van der Waals surface area contributed by atoms with Crippen LogP contribution < -0.4 is 5.32 Å². The molecule has 1 unspecified atom stereocenters. The molecule has 21 heavy (non-hydrogen) atoms. The number of hydrogen-bond donors (Lipinski definition) is 2. The summed E-state index contributed by atoms with van der Waals surface area (Å²) in [6, 6.07) is 4.37. The largest absolute Gasteiger partial charge is 0.395 e. The van der Waals surface area contributed by atoms with Crippen LogP contribution in [0, 0.1) is 17.7 Å². The zero-order valence-corrected chi connectivity index (χ0v) is 12.5. The molecule has 5 heteroatoms. The Morgan fingerprint density at radius 1 is 1.52 bits per heavy atom. The highest BCUT2D eigenvalue weighted by Crippen LogP contribution is 2.18. The quantitative estimate of drug-likeness (QED) is 0.842. The van der Waals surface area contributed by atoms with E-state index in [9.17, 15) is 9.18 Å². The summed E-state index contributed by atoms with van der Waals surface area (Å²) in [5, 5.41) is 11.6. The van der Waals surface area contributed by atoms with Crippen molar-refractivity contribution in [2.24, 2.45) is 0 Å². The Balaban J connectivity index is 2.08. The van der Waals surface area contributed by atoms with Gasteiger partial charge in [-0.25, -0.2) is 4.39 Å². The summed E-state index contributed by atoms with van der Waals surface area (Å²) >= 11 is 1.81. The molecule has 0 radical (unpaired) electrons. The zero-order valence-electron chi connectivity index (χ0n) is 11.7. The number of amides is 1. The number of carbonyl (C=O) groups excluding carboxylic acids is 1. The van der Waals surface area contributed by atoms with Crippen molar-refractivity contribution in [1.29, 1.82) is 0 Å². The normalized spacial score (nSPS) is 17.7. The third-order valence-corrected chi connectivity index (χ3v) is 4.39. The lowest BCUT2D eigenvalue weighted by atomic mass is 10.1. The molecule has 0 saturated carbocycles. The molecule has 0 aromatic heterocycles. The number of hydrogen-bond acceptors (Lipinski definition) is 3. The van der Waals surface area contributed by atoms with Crippen LogP contribution in [0.4, 0.5) is 4.39 Å². The summed E-state index contributed by atoms with van der Waals surface area (Å²) < 4.78 is 13.8. The van der Waals surface area contributed by atoms with Gasteiger partial charge in [0.05, 0.1) is 12.2 Å². The van der Waals surface area contributed by atoms with Gasteiger partial charge in [0.2, 0.25) is 0 Å². The van der Waals surface area contributed by atoms with Crippen molar-refractivity contribution in [3.05, 3.63) is 35.1 Å². The van der Waals surface area contributed by atoms with E-state index in [-0.39, 0.29) is 24.1 Å². The second kappa shape index (κ2) is 8.06. The van der Waals surface area contributed by atoms with Crippen LogP contribution in [0.1, 0.15) is 35.2 Å². The molecule has 1 aliphatic rings. The number of thioether (sulfide) groups is 1. The first-order valence-corrected chi connectivity index (χ1v) is 8.14. The fourth-order valence-electron chi connectivity index (χ4n) is 2.12. The van der Waals surface area contributed by atoms with Crippen LogP contribution in [0.5, 0.6) is 0 Å². The molecule has 1 amide bonds. The molecule has 1 atom stereocenters. The van der Waals surface area contributed by atoms with Gasteiger partial charge in [0, 0.05) is 23.8 Å². The number of benzene rings is 1. The first-order valence-electron chi connectivity index (χ1n) is 6.98. The highest BCUT2D eigenvalue weighted by Gasteiger charge is 2.19. The predicted octanol–water partition coefficient (Wildman–Crippen LogP) is 2.18. The van der Waals surface area contributed by atoms with Crippen molar-refractivity contribution in [2.45, 2.75) is 25.3 Å². The van der Waals surface area contributed by atoms with Crippen molar-refractivity contribution >= 4 is 17.7 Å². The molecule has 1 aromatic rings. The summed E-state index contributed by atoms with van der Waals surface area (Å²) in [7, 11) is 0. The van der Waals surface area contributed by atoms with Gasteiger partial charge in [-0.05, 0) is 36.8 Å². The van der Waals surface area contributed by atoms with Gasteiger partial charge in [-0.2, -0.15) is 11.8 Å². The van der Waals surface area contributed by atoms with Crippen LogP contribution in [0.2, 0.25) is 0 Å². The van der Waals surface area contributed by atoms with Gasteiger partial charge in [-0.15, -0.1) is 0 Å². The van der Waals surface area contributed by atoms with Gasteiger partial charge >= 0.3 is 0 Å². The summed E-state index contributed by atoms with van der Waals surface area (Å²) in [4.78, 5) is 12.2. The minimum absolute atomic E-state index is 0.0130. The van der Waals surface area contributed by atoms with Crippen LogP contribution in [-0.2, 0) is 0 Å². The third kappa shape index (κ3) is 4.76. The Bertz CT molecular complexity index is 559. The molecule has 0 spiro atoms. The van der Waals surface area contributed by atoms with E-state index in [0.29, 0.717) is 12.0 Å². The SMILES string of the molecule is O=C(NC1CCCSC1)c1cc(C#CCCO)ccc1F. The highest BCUT2D eigenvalue weighted by atomic mass is 32.2. The van der Waals surface area contributed by atoms with Crippen molar-refractivity contribution in [1.82, 2.24) is 5.32 Å². The summed E-state index contributed by atoms with van der Waals surface area (Å²) in [5.41, 5.74) is 0.606. The van der Waals surface area contributed by atoms with Crippen molar-refractivity contribution in [3.63, 3.8) is 0 Å². The third-order valence-electron chi connectivity index (χ3n) is 3.18. The molecule has 1 fully saturated rings. The van der Waals surface area contributed by atoms with Crippen LogP contribution in [-0.4, -0.2) is 35.2 Å². The van der Waals surface area contributed by atoms with Gasteiger partial charge in [-0.3, -0.25) is 4.79 Å². The summed E-state index contributed by atoms with van der Waals surface area (Å²) in [5.74, 6) is 6.65. The fraction of sp³-hybridized carbons (Fsp3) is 0.438. The number of rotatable bonds is 3. The lowest BCUT2D eigenvalue weighted by molar-refractivity contribution is 0.0934. The number of nitrogens with one attached hydrogen (secondary N) is 1. The monoisotopic (exact) mass is 307 g/mol. The van der Waals surface area contributed by atoms with Gasteiger partial charge in [0.15, 0.2) is 0 Å². The van der Waals surface area contributed by atoms with E-state index >= 15 is 0 Å². The average Bonchev–Trinajstić information content (AvgIpc) is 2.50. The Morgan fingerprint density at radius 3 is 3.10 bits per heavy atom. The first kappa shape index (κ1) is 15.9. The number of aliphatic hydroxyl groups excluding tert-OH is 1. The molecule has 0 aliphatic carbocycles. The molecule has 0 bridgehead atoms. The van der Waals surface area contributed by atoms with Crippen LogP contribution in [0.15, 0.2) is 18.2 Å². The molecule has 3 nitrogen and oxygen atoms in total. The minimum Gasteiger partial charge on any atom is -0.395 e. The standard InChI is InChI=1S/C16H18FNO2S/c17-15-7-6-12(4-1-2-8-19)10-14(15)16(20)18-13-5-3-9-21-11-13/h6-7,10,13,19H,2-3,5,8-9,11H2,(H,18,20). The Kier molecular flexibility index (Phi) is 6.09. The lowest BCUT2D eigenvalue weighted by Crippen LogP contribution is -2.38. The molecule has 2 N–H and O–H groups in total. The van der Waals surface area contributed by atoms with Crippen LogP contribution in [0.3, 0.4) is 0 Å². The van der Waals surface area contributed by atoms with Crippen molar-refractivity contribution < 1.29 is 14.3 Å². The number of aliphatic hydroxyl groups is 1. The van der Waals surface area contributed by atoms with E-state index in [1.54, 1.807) is 11.8 Å². The van der Waals surface area contributed by atoms with Crippen molar-refractivity contribution in [3.8, 4) is 11.8 Å². The van der Waals surface area contributed by atoms with E-state index in [1.165, 1.54) is 18.2 Å². The molecule has 1 saturated heterocycles. The Labute approximate surface area is 128 Å². The molecule has 2 rings (SSSR count). The maximum Gasteiger partial charge on any atom is 0.254 e. The van der Waals surface area contributed by atoms with Gasteiger partial charge in [-0.1, -0.05) is 11.8 Å². The average molecular weight is 307 g/mol. The Hall–Kier alpha value is -1.51. The molecule has 112 valence electrons. The minimum atomic E-state index is -0.538. The first-order chi connectivity index (χ1) is 10.2. The summed E-state index contributed by atoms with van der Waals surface area (Å²) in [6.07, 6.45) is 2.37. The van der Waals surface area contributed by atoms with Gasteiger partial charge < -0.3 is 10.4 Å². The van der Waals surface area contributed by atoms with Crippen molar-refractivity contribution in [2.75, 3.05) is 18.1 Å². The van der Waals surface area contributed by atoms with E-state index in [2.05, 4.69) is 17.2 Å². The molecule has 1 heterocycles. The second-order valence-electron chi connectivity index (χ2n) is 4.86. The molecular formula is C16H18FNO2S. The maximum atomic E-state index is 13.8. The van der Waals surface area contributed by atoms with E-state index < -0.39 is 5.82 Å². The van der Waals surface area contributed by atoms with E-state index in [0.717, 1.165) is 24.3 Å². The summed E-state index contributed by atoms with van der Waals surface area (Å²) in [6.45, 7) is -0.0130. The van der Waals surface area contributed by atoms with E-state index in [1.807, 2.05) is 0 Å². The zero-order chi connectivity index (χ0) is 15.1. The molecule has 1 aliphatic heterocycles. The maximum absolute atomic E-state index is 13.8. The smallest absolute Gasteiger partial charge is 0.254 e. The topological polar surface area (TPSA) is 49.3 Å². The lowest BCUT2D eigenvalue weighted by Gasteiger charge is -2.22. The van der Waals surface area contributed by atoms with Crippen LogP contribution >= 0.6 is 11.8 Å². The number of halogens is 1. The number of carbonyl (C=O) groups is 1. The highest BCUT2D eigenvalue weighted by molar-refractivity contribution is 7.99. The Morgan fingerprint density at radius 2 is 2.38 bits per heavy atom. The fourth-order valence-corrected chi connectivity index (χ4v) is 3.19. The molecular weight excluding hydrogens is 289 g/mol. The van der Waals surface area contributed by atoms with Gasteiger partial charge in [0.25, 0.3) is 5.91 Å². The van der Waals surface area contributed by atoms with Gasteiger partial charge in [0.1, 0.15) is 5.82 Å². The van der Waals surface area contributed by atoms with Crippen LogP contribution in [0.25, 0.3) is 0 Å². The van der Waals surface area contributed by atoms with E-state index in [4.69, 9.17) is 5.11 Å².